The number of ether oxygens (including phenoxy) is 1. The minimum absolute atomic E-state index is 0. The van der Waals surface area contributed by atoms with Crippen LogP contribution in [0.4, 0.5) is 0 Å². The summed E-state index contributed by atoms with van der Waals surface area (Å²) in [5, 5.41) is 6.21. The Balaban J connectivity index is 0.00000676. The van der Waals surface area contributed by atoms with Crippen LogP contribution in [0, 0.1) is 6.92 Å². The van der Waals surface area contributed by atoms with Gasteiger partial charge in [0.25, 0.3) is 0 Å². The van der Waals surface area contributed by atoms with Crippen LogP contribution in [0.1, 0.15) is 40.2 Å². The third-order valence-electron chi connectivity index (χ3n) is 3.87. The molecule has 0 saturated heterocycles. The van der Waals surface area contributed by atoms with Gasteiger partial charge in [-0.1, -0.05) is 18.2 Å². The van der Waals surface area contributed by atoms with Crippen molar-refractivity contribution in [3.8, 4) is 5.75 Å². The molecule has 1 aromatic rings. The molecule has 1 atom stereocenters. The van der Waals surface area contributed by atoms with Crippen LogP contribution < -0.4 is 15.4 Å². The van der Waals surface area contributed by atoms with Crippen molar-refractivity contribution in [1.29, 1.82) is 0 Å². The summed E-state index contributed by atoms with van der Waals surface area (Å²) < 4.78 is 29.5. The lowest BCUT2D eigenvalue weighted by atomic mass is 10.2. The van der Waals surface area contributed by atoms with Crippen LogP contribution in [0.25, 0.3) is 0 Å². The van der Waals surface area contributed by atoms with Crippen molar-refractivity contribution in [3.05, 3.63) is 29.8 Å². The topological polar surface area (TPSA) is 79.8 Å². The molecule has 156 valence electrons. The molecule has 0 spiro atoms. The molecule has 0 radical (unpaired) electrons. The summed E-state index contributed by atoms with van der Waals surface area (Å²) in [5.74, 6) is 1.51. The summed E-state index contributed by atoms with van der Waals surface area (Å²) >= 11 is 0. The molecule has 0 fully saturated rings. The fourth-order valence-electron chi connectivity index (χ4n) is 2.11. The Morgan fingerprint density at radius 1 is 1.22 bits per heavy atom. The number of nitrogens with zero attached hydrogens (tertiary/aromatic N) is 1. The Hall–Kier alpha value is -1.03. The largest absolute Gasteiger partial charge is 0.489 e. The highest BCUT2D eigenvalue weighted by Gasteiger charge is 2.28. The van der Waals surface area contributed by atoms with Gasteiger partial charge in [0.2, 0.25) is 0 Å². The number of hydrogen-bond donors (Lipinski definition) is 2. The fraction of sp³-hybridized carbons (Fsp3) is 0.632. The Morgan fingerprint density at radius 2 is 1.85 bits per heavy atom. The first-order valence-corrected chi connectivity index (χ1v) is 10.7. The first-order chi connectivity index (χ1) is 12.1. The highest BCUT2D eigenvalue weighted by molar-refractivity contribution is 14.0. The maximum Gasteiger partial charge on any atom is 0.191 e. The predicted molar refractivity (Wildman–Crippen MR) is 124 cm³/mol. The van der Waals surface area contributed by atoms with Gasteiger partial charge in [-0.05, 0) is 53.2 Å². The summed E-state index contributed by atoms with van der Waals surface area (Å²) in [5.41, 5.74) is 1.08. The fourth-order valence-corrected chi connectivity index (χ4v) is 3.10. The SMILES string of the molecule is CCNC(=NCC(C)Oc1ccccc1C)NCCS(=O)(=O)C(C)(C)C.I. The van der Waals surface area contributed by atoms with E-state index in [1.54, 1.807) is 20.8 Å². The number of aryl methyl sites for hydroxylation is 1. The van der Waals surface area contributed by atoms with E-state index >= 15 is 0 Å². The molecule has 0 amide bonds. The normalized spacial score (nSPS) is 13.5. The quantitative estimate of drug-likeness (QED) is 0.319. The number of halogens is 1. The van der Waals surface area contributed by atoms with E-state index in [2.05, 4.69) is 15.6 Å². The van der Waals surface area contributed by atoms with E-state index in [-0.39, 0.29) is 35.8 Å². The van der Waals surface area contributed by atoms with Crippen molar-refractivity contribution in [2.45, 2.75) is 52.4 Å². The second kappa shape index (κ2) is 11.7. The second-order valence-corrected chi connectivity index (χ2v) is 10.1. The molecule has 0 heterocycles. The summed E-state index contributed by atoms with van der Waals surface area (Å²) in [6.07, 6.45) is -0.0927. The average molecular weight is 511 g/mol. The Bertz CT molecular complexity index is 700. The molecule has 0 saturated carbocycles. The predicted octanol–water partition coefficient (Wildman–Crippen LogP) is 3.15. The van der Waals surface area contributed by atoms with E-state index < -0.39 is 14.6 Å². The van der Waals surface area contributed by atoms with Crippen LogP contribution in [0.15, 0.2) is 29.3 Å². The second-order valence-electron chi connectivity index (χ2n) is 7.27. The zero-order valence-corrected chi connectivity index (χ0v) is 20.4. The molecule has 0 bridgehead atoms. The molecular formula is C19H34IN3O3S. The van der Waals surface area contributed by atoms with Gasteiger partial charge in [-0.3, -0.25) is 0 Å². The average Bonchev–Trinajstić information content (AvgIpc) is 2.53. The number of rotatable bonds is 8. The van der Waals surface area contributed by atoms with E-state index in [0.29, 0.717) is 25.6 Å². The van der Waals surface area contributed by atoms with Gasteiger partial charge >= 0.3 is 0 Å². The van der Waals surface area contributed by atoms with Gasteiger partial charge in [0.1, 0.15) is 11.9 Å². The first-order valence-electron chi connectivity index (χ1n) is 9.03. The van der Waals surface area contributed by atoms with Gasteiger partial charge < -0.3 is 15.4 Å². The molecule has 0 aliphatic rings. The smallest absolute Gasteiger partial charge is 0.191 e. The number of benzene rings is 1. The standard InChI is InChI=1S/C19H33N3O3S.HI/c1-7-20-18(21-12-13-26(23,24)19(4,5)6)22-14-16(3)25-17-11-9-8-10-15(17)2;/h8-11,16H,7,12-14H2,1-6H3,(H2,20,21,22);1H. The Kier molecular flexibility index (Phi) is 11.3. The Labute approximate surface area is 181 Å². The lowest BCUT2D eigenvalue weighted by molar-refractivity contribution is 0.228. The molecule has 0 aromatic heterocycles. The highest BCUT2D eigenvalue weighted by Crippen LogP contribution is 2.18. The summed E-state index contributed by atoms with van der Waals surface area (Å²) in [4.78, 5) is 4.50. The maximum absolute atomic E-state index is 12.2. The zero-order chi connectivity index (χ0) is 19.8. The van der Waals surface area contributed by atoms with E-state index in [1.807, 2.05) is 45.0 Å². The van der Waals surface area contributed by atoms with Crippen molar-refractivity contribution < 1.29 is 13.2 Å². The zero-order valence-electron chi connectivity index (χ0n) is 17.2. The Morgan fingerprint density at radius 3 is 2.41 bits per heavy atom. The minimum Gasteiger partial charge on any atom is -0.489 e. The van der Waals surface area contributed by atoms with Crippen LogP contribution in [0.3, 0.4) is 0 Å². The van der Waals surface area contributed by atoms with Crippen molar-refractivity contribution >= 4 is 39.8 Å². The number of nitrogens with one attached hydrogen (secondary N) is 2. The van der Waals surface area contributed by atoms with Crippen molar-refractivity contribution in [2.75, 3.05) is 25.4 Å². The lowest BCUT2D eigenvalue weighted by Crippen LogP contribution is -2.42. The van der Waals surface area contributed by atoms with Gasteiger partial charge in [-0.25, -0.2) is 13.4 Å². The van der Waals surface area contributed by atoms with E-state index in [1.165, 1.54) is 0 Å². The molecule has 1 rings (SSSR count). The number of guanidine groups is 1. The van der Waals surface area contributed by atoms with Crippen molar-refractivity contribution in [2.24, 2.45) is 4.99 Å². The van der Waals surface area contributed by atoms with Gasteiger partial charge in [0, 0.05) is 13.1 Å². The number of aliphatic imine (C=N–C) groups is 1. The molecule has 6 nitrogen and oxygen atoms in total. The van der Waals surface area contributed by atoms with Crippen LogP contribution in [-0.2, 0) is 9.84 Å². The molecule has 27 heavy (non-hydrogen) atoms. The maximum atomic E-state index is 12.2. The molecule has 0 aliphatic carbocycles. The van der Waals surface area contributed by atoms with Crippen molar-refractivity contribution in [1.82, 2.24) is 10.6 Å². The molecule has 1 unspecified atom stereocenters. The van der Waals surface area contributed by atoms with Crippen molar-refractivity contribution in [3.63, 3.8) is 0 Å². The van der Waals surface area contributed by atoms with Gasteiger partial charge in [-0.2, -0.15) is 0 Å². The number of hydrogen-bond acceptors (Lipinski definition) is 4. The third kappa shape index (κ3) is 9.14. The molecule has 2 N–H and O–H groups in total. The molecule has 0 aliphatic heterocycles. The van der Waals surface area contributed by atoms with Crippen LogP contribution >= 0.6 is 24.0 Å². The summed E-state index contributed by atoms with van der Waals surface area (Å²) in [7, 11) is -3.16. The first kappa shape index (κ1) is 26.0. The molecular weight excluding hydrogens is 477 g/mol. The van der Waals surface area contributed by atoms with E-state index in [9.17, 15) is 8.42 Å². The third-order valence-corrected chi connectivity index (χ3v) is 6.48. The molecule has 1 aromatic carbocycles. The highest BCUT2D eigenvalue weighted by atomic mass is 127. The lowest BCUT2D eigenvalue weighted by Gasteiger charge is -2.20. The van der Waals surface area contributed by atoms with Crippen LogP contribution in [-0.4, -0.2) is 50.6 Å². The summed E-state index contributed by atoms with van der Waals surface area (Å²) in [6.45, 7) is 12.6. The number of sulfone groups is 1. The minimum atomic E-state index is -3.16. The van der Waals surface area contributed by atoms with E-state index in [4.69, 9.17) is 4.74 Å². The van der Waals surface area contributed by atoms with E-state index in [0.717, 1.165) is 11.3 Å². The molecule has 8 heteroatoms. The van der Waals surface area contributed by atoms with Crippen LogP contribution in [0.5, 0.6) is 5.75 Å². The number of para-hydroxylation sites is 1. The van der Waals surface area contributed by atoms with Gasteiger partial charge in [0.15, 0.2) is 15.8 Å². The van der Waals surface area contributed by atoms with Gasteiger partial charge in [-0.15, -0.1) is 24.0 Å². The summed E-state index contributed by atoms with van der Waals surface area (Å²) in [6, 6.07) is 7.87. The van der Waals surface area contributed by atoms with Gasteiger partial charge in [0.05, 0.1) is 17.0 Å². The monoisotopic (exact) mass is 511 g/mol. The van der Waals surface area contributed by atoms with Crippen LogP contribution in [0.2, 0.25) is 0 Å².